The molecule has 0 saturated carbocycles. The lowest BCUT2D eigenvalue weighted by molar-refractivity contribution is 0.471. The molecule has 2 N–H and O–H groups in total. The Morgan fingerprint density at radius 2 is 0.978 bits per heavy atom. The normalized spacial score (nSPS) is 11.2. The van der Waals surface area contributed by atoms with Crippen LogP contribution < -0.4 is 0 Å². The minimum atomic E-state index is 0.122. The highest BCUT2D eigenvalue weighted by molar-refractivity contribution is 6.12. The molecule has 5 aromatic carbocycles. The molecule has 3 aromatic heterocycles. The minimum Gasteiger partial charge on any atom is -0.507 e. The molecule has 0 spiro atoms. The van der Waals surface area contributed by atoms with Crippen LogP contribution in [0, 0.1) is 0 Å². The van der Waals surface area contributed by atoms with Crippen molar-refractivity contribution in [1.82, 2.24) is 15.0 Å². The lowest BCUT2D eigenvalue weighted by Crippen LogP contribution is -1.94. The molecule has 46 heavy (non-hydrogen) atoms. The first-order valence-electron chi connectivity index (χ1n) is 15.1. The topological polar surface area (TPSA) is 79.1 Å². The average Bonchev–Trinajstić information content (AvgIpc) is 3.12. The Morgan fingerprint density at radius 1 is 0.413 bits per heavy atom. The SMILES string of the molecule is Oc1ccc2ccccc2c1-c1c(O)c(-c2ccc(-c3cc(-c4ccccn4)nc(-c4ccccn4)c3)cc2)cc2ccccc12. The maximum atomic E-state index is 12.0. The molecule has 0 aliphatic carbocycles. The summed E-state index contributed by atoms with van der Waals surface area (Å²) in [7, 11) is 0. The summed E-state index contributed by atoms with van der Waals surface area (Å²) in [4.78, 5) is 14.0. The third kappa shape index (κ3) is 4.81. The fraction of sp³-hybridized carbons (Fsp3) is 0. The van der Waals surface area contributed by atoms with Gasteiger partial charge in [0.1, 0.15) is 11.5 Å². The third-order valence-corrected chi connectivity index (χ3v) is 8.39. The van der Waals surface area contributed by atoms with Crippen molar-refractivity contribution in [2.45, 2.75) is 0 Å². The lowest BCUT2D eigenvalue weighted by atomic mass is 9.88. The predicted octanol–water partition coefficient (Wildman–Crippen LogP) is 9.92. The molecular formula is C41H27N3O2. The number of aromatic hydroxyl groups is 2. The summed E-state index contributed by atoms with van der Waals surface area (Å²) >= 11 is 0. The number of benzene rings is 5. The van der Waals surface area contributed by atoms with Crippen LogP contribution in [0.4, 0.5) is 0 Å². The Kier molecular flexibility index (Phi) is 6.69. The summed E-state index contributed by atoms with van der Waals surface area (Å²) in [5, 5.41) is 26.8. The predicted molar refractivity (Wildman–Crippen MR) is 185 cm³/mol. The lowest BCUT2D eigenvalue weighted by Gasteiger charge is -2.17. The molecule has 5 heteroatoms. The zero-order chi connectivity index (χ0) is 31.0. The van der Waals surface area contributed by atoms with E-state index in [9.17, 15) is 10.2 Å². The summed E-state index contributed by atoms with van der Waals surface area (Å²) in [6, 6.07) is 45.3. The summed E-state index contributed by atoms with van der Waals surface area (Å²) in [5.74, 6) is 0.244. The van der Waals surface area contributed by atoms with Crippen LogP contribution in [0.3, 0.4) is 0 Å². The maximum absolute atomic E-state index is 12.0. The number of fused-ring (bicyclic) bond motifs is 2. The quantitative estimate of drug-likeness (QED) is 0.208. The van der Waals surface area contributed by atoms with Crippen LogP contribution in [0.5, 0.6) is 11.5 Å². The van der Waals surface area contributed by atoms with E-state index in [1.807, 2.05) is 121 Å². The van der Waals surface area contributed by atoms with E-state index in [4.69, 9.17) is 4.98 Å². The molecule has 8 aromatic rings. The standard InChI is InChI=1S/C41H27N3O2/c45-38-20-19-27-9-1-3-11-31(27)39(38)40-32-12-4-2-10-29(32)23-33(41(40)46)28-17-15-26(16-18-28)30-24-36(34-13-5-7-21-42-34)44-37(25-30)35-14-6-8-22-43-35/h1-25,45-46H. The van der Waals surface area contributed by atoms with Crippen molar-refractivity contribution in [3.05, 3.63) is 152 Å². The van der Waals surface area contributed by atoms with Gasteiger partial charge in [0.05, 0.1) is 22.8 Å². The third-order valence-electron chi connectivity index (χ3n) is 8.39. The van der Waals surface area contributed by atoms with E-state index in [2.05, 4.69) is 22.1 Å². The average molecular weight is 594 g/mol. The number of pyridine rings is 3. The van der Waals surface area contributed by atoms with Crippen LogP contribution >= 0.6 is 0 Å². The van der Waals surface area contributed by atoms with Gasteiger partial charge < -0.3 is 10.2 Å². The van der Waals surface area contributed by atoms with Gasteiger partial charge in [0.15, 0.2) is 0 Å². The fourth-order valence-corrected chi connectivity index (χ4v) is 6.16. The van der Waals surface area contributed by atoms with Gasteiger partial charge in [0.25, 0.3) is 0 Å². The molecule has 0 radical (unpaired) electrons. The second-order valence-corrected chi connectivity index (χ2v) is 11.2. The maximum Gasteiger partial charge on any atom is 0.132 e. The highest BCUT2D eigenvalue weighted by atomic mass is 16.3. The summed E-state index contributed by atoms with van der Waals surface area (Å²) in [6.45, 7) is 0. The van der Waals surface area contributed by atoms with Gasteiger partial charge in [-0.2, -0.15) is 0 Å². The molecule has 0 aliphatic heterocycles. The van der Waals surface area contributed by atoms with Crippen molar-refractivity contribution in [1.29, 1.82) is 0 Å². The number of aromatic nitrogens is 3. The number of nitrogens with zero attached hydrogens (tertiary/aromatic N) is 3. The largest absolute Gasteiger partial charge is 0.507 e. The molecule has 8 rings (SSSR count). The van der Waals surface area contributed by atoms with Crippen molar-refractivity contribution >= 4 is 21.5 Å². The number of phenols is 2. The highest BCUT2D eigenvalue weighted by Gasteiger charge is 2.20. The van der Waals surface area contributed by atoms with Crippen molar-refractivity contribution in [3.8, 4) is 67.7 Å². The van der Waals surface area contributed by atoms with E-state index < -0.39 is 0 Å². The second kappa shape index (κ2) is 11.3. The first kappa shape index (κ1) is 27.2. The zero-order valence-electron chi connectivity index (χ0n) is 24.7. The number of phenolic OH excluding ortho intramolecular Hbond substituents is 2. The zero-order valence-corrected chi connectivity index (χ0v) is 24.7. The van der Waals surface area contributed by atoms with Crippen LogP contribution in [0.15, 0.2) is 152 Å². The summed E-state index contributed by atoms with van der Waals surface area (Å²) < 4.78 is 0. The number of hydrogen-bond acceptors (Lipinski definition) is 5. The van der Waals surface area contributed by atoms with Gasteiger partial charge in [-0.1, -0.05) is 91.0 Å². The first-order chi connectivity index (χ1) is 22.6. The van der Waals surface area contributed by atoms with Gasteiger partial charge in [-0.25, -0.2) is 4.98 Å². The minimum absolute atomic E-state index is 0.122. The first-order valence-corrected chi connectivity index (χ1v) is 15.1. The van der Waals surface area contributed by atoms with Gasteiger partial charge in [-0.15, -0.1) is 0 Å². The molecule has 5 nitrogen and oxygen atoms in total. The Balaban J connectivity index is 1.27. The van der Waals surface area contributed by atoms with E-state index >= 15 is 0 Å². The molecule has 3 heterocycles. The van der Waals surface area contributed by atoms with E-state index in [0.717, 1.165) is 61.0 Å². The molecule has 0 amide bonds. The smallest absolute Gasteiger partial charge is 0.132 e. The van der Waals surface area contributed by atoms with Gasteiger partial charge in [0, 0.05) is 29.1 Å². The molecule has 0 unspecified atom stereocenters. The van der Waals surface area contributed by atoms with E-state index in [1.165, 1.54) is 0 Å². The van der Waals surface area contributed by atoms with Crippen molar-refractivity contribution in [2.24, 2.45) is 0 Å². The fourth-order valence-electron chi connectivity index (χ4n) is 6.16. The Morgan fingerprint density at radius 3 is 1.61 bits per heavy atom. The monoisotopic (exact) mass is 593 g/mol. The van der Waals surface area contributed by atoms with Crippen molar-refractivity contribution < 1.29 is 10.2 Å². The van der Waals surface area contributed by atoms with E-state index in [1.54, 1.807) is 18.5 Å². The Bertz CT molecular complexity index is 2310. The summed E-state index contributed by atoms with van der Waals surface area (Å²) in [5.41, 5.74) is 7.82. The molecule has 0 atom stereocenters. The summed E-state index contributed by atoms with van der Waals surface area (Å²) in [6.07, 6.45) is 3.53. The molecule has 218 valence electrons. The van der Waals surface area contributed by atoms with Crippen molar-refractivity contribution in [2.75, 3.05) is 0 Å². The number of hydrogen-bond donors (Lipinski definition) is 2. The highest BCUT2D eigenvalue weighted by Crippen LogP contribution is 2.48. The van der Waals surface area contributed by atoms with Crippen LogP contribution in [-0.4, -0.2) is 25.2 Å². The second-order valence-electron chi connectivity index (χ2n) is 11.2. The van der Waals surface area contributed by atoms with Crippen LogP contribution in [0.2, 0.25) is 0 Å². The molecular weight excluding hydrogens is 566 g/mol. The van der Waals surface area contributed by atoms with E-state index in [0.29, 0.717) is 16.7 Å². The molecule has 0 aliphatic rings. The van der Waals surface area contributed by atoms with Gasteiger partial charge in [-0.3, -0.25) is 9.97 Å². The molecule has 0 bridgehead atoms. The van der Waals surface area contributed by atoms with Crippen LogP contribution in [-0.2, 0) is 0 Å². The van der Waals surface area contributed by atoms with E-state index in [-0.39, 0.29) is 11.5 Å². The molecule has 0 fully saturated rings. The van der Waals surface area contributed by atoms with Gasteiger partial charge in [-0.05, 0) is 86.8 Å². The van der Waals surface area contributed by atoms with Crippen LogP contribution in [0.25, 0.3) is 77.7 Å². The number of rotatable bonds is 5. The Labute approximate surface area is 265 Å². The van der Waals surface area contributed by atoms with Crippen LogP contribution in [0.1, 0.15) is 0 Å². The molecule has 0 saturated heterocycles. The van der Waals surface area contributed by atoms with Crippen molar-refractivity contribution in [3.63, 3.8) is 0 Å². The van der Waals surface area contributed by atoms with Gasteiger partial charge in [0.2, 0.25) is 0 Å². The van der Waals surface area contributed by atoms with Gasteiger partial charge >= 0.3 is 0 Å². The Hall–Kier alpha value is -6.33.